The summed E-state index contributed by atoms with van der Waals surface area (Å²) in [6.45, 7) is 1.59. The summed E-state index contributed by atoms with van der Waals surface area (Å²) in [7, 11) is 1.23. The number of rotatable bonds is 7. The lowest BCUT2D eigenvalue weighted by Gasteiger charge is -2.17. The zero-order valence-electron chi connectivity index (χ0n) is 14.1. The summed E-state index contributed by atoms with van der Waals surface area (Å²) < 4.78 is 9.34. The van der Waals surface area contributed by atoms with E-state index in [4.69, 9.17) is 4.74 Å². The van der Waals surface area contributed by atoms with E-state index in [2.05, 4.69) is 20.4 Å². The summed E-state index contributed by atoms with van der Waals surface area (Å²) in [4.78, 5) is 38.4. The van der Waals surface area contributed by atoms with Crippen LogP contribution in [-0.2, 0) is 25.5 Å². The average Bonchev–Trinajstić information content (AvgIpc) is 3.02. The van der Waals surface area contributed by atoms with Gasteiger partial charge < -0.3 is 25.1 Å². The van der Waals surface area contributed by atoms with E-state index in [9.17, 15) is 14.4 Å². The summed E-state index contributed by atoms with van der Waals surface area (Å²) in [6.07, 6.45) is 1.34. The summed E-state index contributed by atoms with van der Waals surface area (Å²) in [5, 5.41) is 5.93. The average molecular weight is 347 g/mol. The number of ether oxygens (including phenoxy) is 2. The zero-order chi connectivity index (χ0) is 18.2. The van der Waals surface area contributed by atoms with E-state index >= 15 is 0 Å². The molecule has 1 aromatic carbocycles. The largest absolute Gasteiger partial charge is 0.468 e. The zero-order valence-corrected chi connectivity index (χ0v) is 14.1. The summed E-state index contributed by atoms with van der Waals surface area (Å²) in [5.74, 6) is -1.07. The molecule has 1 aromatic heterocycles. The molecule has 2 rings (SSSR count). The Bertz CT molecular complexity index is 756. The normalized spacial score (nSPS) is 11.6. The monoisotopic (exact) mass is 347 g/mol. The molecule has 0 radical (unpaired) electrons. The van der Waals surface area contributed by atoms with Gasteiger partial charge in [0, 0.05) is 23.5 Å². The molecule has 0 spiro atoms. The van der Waals surface area contributed by atoms with Crippen molar-refractivity contribution in [3.8, 4) is 0 Å². The molecule has 0 fully saturated rings. The molecule has 0 saturated heterocycles. The van der Waals surface area contributed by atoms with E-state index in [-0.39, 0.29) is 19.6 Å². The molecule has 1 heterocycles. The van der Waals surface area contributed by atoms with Gasteiger partial charge in [-0.15, -0.1) is 0 Å². The number of alkyl carbamates (subject to hydrolysis) is 1. The molecule has 1 atom stereocenters. The third-order valence-electron chi connectivity index (χ3n) is 3.62. The Hall–Kier alpha value is -3.03. The van der Waals surface area contributed by atoms with Crippen LogP contribution >= 0.6 is 0 Å². The topological polar surface area (TPSA) is 110 Å². The Morgan fingerprint density at radius 1 is 1.24 bits per heavy atom. The highest BCUT2D eigenvalue weighted by Crippen LogP contribution is 2.19. The molecule has 8 nitrogen and oxygen atoms in total. The molecule has 8 heteroatoms. The van der Waals surface area contributed by atoms with Gasteiger partial charge in [0.15, 0.2) is 0 Å². The number of para-hydroxylation sites is 1. The molecule has 2 amide bonds. The minimum absolute atomic E-state index is 0.190. The lowest BCUT2D eigenvalue weighted by molar-refractivity contribution is -0.141. The van der Waals surface area contributed by atoms with E-state index in [1.807, 2.05) is 24.3 Å². The molecule has 3 N–H and O–H groups in total. The van der Waals surface area contributed by atoms with Gasteiger partial charge in [0.1, 0.15) is 12.6 Å². The van der Waals surface area contributed by atoms with Crippen molar-refractivity contribution < 1.29 is 23.9 Å². The van der Waals surface area contributed by atoms with Gasteiger partial charge in [-0.3, -0.25) is 9.59 Å². The Balaban J connectivity index is 2.14. The molecule has 0 aliphatic carbocycles. The van der Waals surface area contributed by atoms with Crippen LogP contribution in [0.2, 0.25) is 0 Å². The van der Waals surface area contributed by atoms with E-state index in [1.165, 1.54) is 7.11 Å². The second-order valence-electron chi connectivity index (χ2n) is 5.27. The van der Waals surface area contributed by atoms with Crippen LogP contribution in [0, 0.1) is 0 Å². The molecule has 0 bridgehead atoms. The Morgan fingerprint density at radius 2 is 2.00 bits per heavy atom. The number of hydrogen-bond acceptors (Lipinski definition) is 5. The predicted molar refractivity (Wildman–Crippen MR) is 91.0 cm³/mol. The van der Waals surface area contributed by atoms with Crippen molar-refractivity contribution in [2.24, 2.45) is 0 Å². The lowest BCUT2D eigenvalue weighted by atomic mass is 10.0. The number of carbonyl (C=O) groups excluding carboxylic acids is 3. The summed E-state index contributed by atoms with van der Waals surface area (Å²) in [5.41, 5.74) is 1.80. The quantitative estimate of drug-likeness (QED) is 0.650. The highest BCUT2D eigenvalue weighted by Gasteiger charge is 2.23. The number of H-pyrrole nitrogens is 1. The van der Waals surface area contributed by atoms with Gasteiger partial charge in [0.2, 0.25) is 5.91 Å². The van der Waals surface area contributed by atoms with Gasteiger partial charge in [-0.1, -0.05) is 18.2 Å². The highest BCUT2D eigenvalue weighted by atomic mass is 16.5. The number of fused-ring (bicyclic) bond motifs is 1. The first-order valence-electron chi connectivity index (χ1n) is 7.88. The number of aromatic amines is 1. The SMILES string of the molecule is CCOC(=O)N[C@@H](Cc1c[nH]c2ccccc12)C(=O)NCC(=O)OC. The molecule has 25 heavy (non-hydrogen) atoms. The number of benzene rings is 1. The number of hydrogen-bond donors (Lipinski definition) is 3. The van der Waals surface area contributed by atoms with Gasteiger partial charge in [-0.05, 0) is 18.6 Å². The predicted octanol–water partition coefficient (Wildman–Crippen LogP) is 1.11. The lowest BCUT2D eigenvalue weighted by Crippen LogP contribution is -2.49. The Morgan fingerprint density at radius 3 is 2.72 bits per heavy atom. The fourth-order valence-electron chi connectivity index (χ4n) is 2.40. The molecule has 2 aromatic rings. The van der Waals surface area contributed by atoms with Crippen molar-refractivity contribution in [1.82, 2.24) is 15.6 Å². The van der Waals surface area contributed by atoms with Crippen molar-refractivity contribution in [3.05, 3.63) is 36.0 Å². The Kier molecular flexibility index (Phi) is 6.39. The van der Waals surface area contributed by atoms with Gasteiger partial charge in [0.25, 0.3) is 0 Å². The number of esters is 1. The molecule has 134 valence electrons. The summed E-state index contributed by atoms with van der Waals surface area (Å²) in [6, 6.07) is 6.76. The number of nitrogens with one attached hydrogen (secondary N) is 3. The molecule has 0 aliphatic rings. The second-order valence-corrected chi connectivity index (χ2v) is 5.27. The molecular weight excluding hydrogens is 326 g/mol. The molecule has 0 aliphatic heterocycles. The minimum Gasteiger partial charge on any atom is -0.468 e. The van der Waals surface area contributed by atoms with Crippen molar-refractivity contribution in [2.45, 2.75) is 19.4 Å². The second kappa shape index (κ2) is 8.72. The number of amides is 2. The maximum atomic E-state index is 12.4. The summed E-state index contributed by atoms with van der Waals surface area (Å²) >= 11 is 0. The first kappa shape index (κ1) is 18.3. The van der Waals surface area contributed by atoms with Crippen LogP contribution in [0.1, 0.15) is 12.5 Å². The van der Waals surface area contributed by atoms with Gasteiger partial charge in [0.05, 0.1) is 13.7 Å². The van der Waals surface area contributed by atoms with Crippen LogP contribution < -0.4 is 10.6 Å². The van der Waals surface area contributed by atoms with E-state index < -0.39 is 24.0 Å². The standard InChI is InChI=1S/C17H21N3O5/c1-3-25-17(23)20-14(16(22)19-10-15(21)24-2)8-11-9-18-13-7-5-4-6-12(11)13/h4-7,9,14,18H,3,8,10H2,1-2H3,(H,19,22)(H,20,23)/t14-/m0/s1. The van der Waals surface area contributed by atoms with Crippen LogP contribution in [0.25, 0.3) is 10.9 Å². The Labute approximate surface area is 144 Å². The van der Waals surface area contributed by atoms with Crippen LogP contribution in [0.15, 0.2) is 30.5 Å². The third kappa shape index (κ3) is 4.97. The van der Waals surface area contributed by atoms with Crippen LogP contribution in [0.5, 0.6) is 0 Å². The fourth-order valence-corrected chi connectivity index (χ4v) is 2.40. The van der Waals surface area contributed by atoms with Crippen LogP contribution in [-0.4, -0.2) is 49.3 Å². The minimum atomic E-state index is -0.886. The van der Waals surface area contributed by atoms with Crippen molar-refractivity contribution >= 4 is 28.9 Å². The van der Waals surface area contributed by atoms with Gasteiger partial charge in [-0.25, -0.2) is 4.79 Å². The number of aromatic nitrogens is 1. The van der Waals surface area contributed by atoms with Crippen LogP contribution in [0.3, 0.4) is 0 Å². The van der Waals surface area contributed by atoms with Crippen molar-refractivity contribution in [3.63, 3.8) is 0 Å². The van der Waals surface area contributed by atoms with Crippen LogP contribution in [0.4, 0.5) is 4.79 Å². The molecule has 0 saturated carbocycles. The van der Waals surface area contributed by atoms with E-state index in [0.29, 0.717) is 0 Å². The molecule has 0 unspecified atom stereocenters. The maximum Gasteiger partial charge on any atom is 0.407 e. The van der Waals surface area contributed by atoms with Crippen molar-refractivity contribution in [1.29, 1.82) is 0 Å². The number of carbonyl (C=O) groups is 3. The maximum absolute atomic E-state index is 12.4. The first-order valence-corrected chi connectivity index (χ1v) is 7.88. The van der Waals surface area contributed by atoms with Gasteiger partial charge in [-0.2, -0.15) is 0 Å². The van der Waals surface area contributed by atoms with Gasteiger partial charge >= 0.3 is 12.1 Å². The molecular formula is C17H21N3O5. The third-order valence-corrected chi connectivity index (χ3v) is 3.62. The highest BCUT2D eigenvalue weighted by molar-refractivity contribution is 5.90. The first-order chi connectivity index (χ1) is 12.0. The fraction of sp³-hybridized carbons (Fsp3) is 0.353. The van der Waals surface area contributed by atoms with E-state index in [1.54, 1.807) is 13.1 Å². The van der Waals surface area contributed by atoms with Crippen molar-refractivity contribution in [2.75, 3.05) is 20.3 Å². The number of methoxy groups -OCH3 is 1. The van der Waals surface area contributed by atoms with E-state index in [0.717, 1.165) is 16.5 Å². The smallest absolute Gasteiger partial charge is 0.407 e.